The Morgan fingerprint density at radius 1 is 0.406 bits per heavy atom. The number of hydrogen-bond donors (Lipinski definition) is 0. The lowest BCUT2D eigenvalue weighted by molar-refractivity contribution is 0.0718. The van der Waals surface area contributed by atoms with Crippen LogP contribution in [0.25, 0.3) is 11.1 Å². The second-order valence-corrected chi connectivity index (χ2v) is 14.4. The third-order valence-corrected chi connectivity index (χ3v) is 9.94. The maximum atomic E-state index is 13.0. The number of methoxy groups -OCH3 is 3. The van der Waals surface area contributed by atoms with Gasteiger partial charge in [0.1, 0.15) is 45.8 Å². The lowest BCUT2D eigenvalue weighted by atomic mass is 10.1. The highest BCUT2D eigenvalue weighted by molar-refractivity contribution is 5.95. The van der Waals surface area contributed by atoms with Crippen LogP contribution in [0.2, 0.25) is 0 Å². The Morgan fingerprint density at radius 3 is 1.11 bits per heavy atom. The molecule has 0 heterocycles. The topological polar surface area (TPSA) is 151 Å². The van der Waals surface area contributed by atoms with Gasteiger partial charge in [0.15, 0.2) is 0 Å². The lowest BCUT2D eigenvalue weighted by Gasteiger charge is -2.13. The molecule has 0 spiro atoms. The van der Waals surface area contributed by atoms with Crippen LogP contribution < -0.4 is 33.2 Å². The minimum Gasteiger partial charge on any atom is -0.496 e. The van der Waals surface area contributed by atoms with E-state index in [2.05, 4.69) is 0 Å². The molecule has 0 aliphatic carbocycles. The molecule has 330 valence electrons. The van der Waals surface area contributed by atoms with Gasteiger partial charge < -0.3 is 42.6 Å². The van der Waals surface area contributed by atoms with Crippen molar-refractivity contribution >= 4 is 23.9 Å². The van der Waals surface area contributed by atoms with Crippen molar-refractivity contribution in [3.8, 4) is 51.4 Å². The first-order chi connectivity index (χ1) is 31.0. The van der Waals surface area contributed by atoms with Crippen LogP contribution in [0.4, 0.5) is 0 Å². The van der Waals surface area contributed by atoms with Crippen LogP contribution in [0, 0.1) is 0 Å². The summed E-state index contributed by atoms with van der Waals surface area (Å²) in [7, 11) is 4.74. The molecule has 64 heavy (non-hydrogen) atoms. The van der Waals surface area contributed by atoms with Gasteiger partial charge in [-0.15, -0.1) is 0 Å². The summed E-state index contributed by atoms with van der Waals surface area (Å²) < 4.78 is 49.4. The van der Waals surface area contributed by atoms with Gasteiger partial charge in [0.25, 0.3) is 0 Å². The highest BCUT2D eigenvalue weighted by Gasteiger charge is 2.18. The summed E-state index contributed by atoms with van der Waals surface area (Å²) >= 11 is 0. The fourth-order valence-electron chi connectivity index (χ4n) is 5.95. The zero-order valence-corrected chi connectivity index (χ0v) is 36.1. The summed E-state index contributed by atoms with van der Waals surface area (Å²) in [5.41, 5.74) is 2.75. The zero-order valence-electron chi connectivity index (χ0n) is 36.1. The van der Waals surface area contributed by atoms with Gasteiger partial charge in [-0.05, 0) is 134 Å². The van der Waals surface area contributed by atoms with Crippen molar-refractivity contribution in [2.24, 2.45) is 0 Å². The van der Waals surface area contributed by atoms with Gasteiger partial charge in [-0.3, -0.25) is 0 Å². The van der Waals surface area contributed by atoms with Crippen molar-refractivity contribution in [2.75, 3.05) is 34.5 Å². The zero-order chi connectivity index (χ0) is 45.4. The summed E-state index contributed by atoms with van der Waals surface area (Å²) in [5, 5.41) is 0. The molecule has 6 rings (SSSR count). The smallest absolute Gasteiger partial charge is 0.347 e. The Labute approximate surface area is 371 Å². The quantitative estimate of drug-likeness (QED) is 0.0529. The molecule has 13 heteroatoms. The Balaban J connectivity index is 0.950. The minimum absolute atomic E-state index is 0.0544. The molecule has 0 radical (unpaired) electrons. The van der Waals surface area contributed by atoms with Gasteiger partial charge in [0.2, 0.25) is 0 Å². The van der Waals surface area contributed by atoms with Gasteiger partial charge in [0, 0.05) is 33.1 Å². The van der Waals surface area contributed by atoms with E-state index in [0.29, 0.717) is 53.9 Å². The van der Waals surface area contributed by atoms with E-state index >= 15 is 0 Å². The molecule has 0 aromatic heterocycles. The van der Waals surface area contributed by atoms with Crippen LogP contribution in [0.3, 0.4) is 0 Å². The van der Waals surface area contributed by atoms with E-state index in [-0.39, 0.29) is 40.4 Å². The van der Waals surface area contributed by atoms with Crippen molar-refractivity contribution in [1.29, 1.82) is 0 Å². The highest BCUT2D eigenvalue weighted by Crippen LogP contribution is 2.28. The number of hydrogen-bond acceptors (Lipinski definition) is 13. The summed E-state index contributed by atoms with van der Waals surface area (Å²) in [5.74, 6) is 0.263. The molecule has 0 aliphatic rings. The largest absolute Gasteiger partial charge is 0.496 e. The van der Waals surface area contributed by atoms with Crippen LogP contribution in [0.1, 0.15) is 68.1 Å². The Hall–Kier alpha value is -7.48. The molecule has 0 saturated heterocycles. The third kappa shape index (κ3) is 13.0. The number of benzene rings is 6. The molecule has 13 nitrogen and oxygen atoms in total. The Kier molecular flexibility index (Phi) is 16.2. The van der Waals surface area contributed by atoms with Crippen molar-refractivity contribution in [3.63, 3.8) is 0 Å². The molecule has 0 amide bonds. The molecule has 6 aromatic rings. The van der Waals surface area contributed by atoms with Crippen LogP contribution in [0.5, 0.6) is 40.2 Å². The maximum absolute atomic E-state index is 13.0. The standard InChI is InChI=1S/C51H48O13/c1-33(56-3)28-30-59-40-16-10-37(11-17-40)48(52)63-43-22-12-38(13-23-43)49(53)61-41-18-6-35(7-19-41)36-8-20-42(21-9-36)62-50(54)39-14-24-44(25-15-39)64-51(55)46-27-26-45(32-47(46)58-5)60-31-29-34(2)57-4/h6-27,32-34H,28-31H2,1-5H3. The number of ether oxygens (including phenoxy) is 9. The van der Waals surface area contributed by atoms with Crippen LogP contribution in [-0.4, -0.2) is 70.6 Å². The maximum Gasteiger partial charge on any atom is 0.347 e. The van der Waals surface area contributed by atoms with E-state index < -0.39 is 23.9 Å². The average molecular weight is 869 g/mol. The predicted molar refractivity (Wildman–Crippen MR) is 237 cm³/mol. The summed E-state index contributed by atoms with van der Waals surface area (Å²) in [6, 6.07) is 37.4. The molecule has 2 unspecified atom stereocenters. The van der Waals surface area contributed by atoms with Gasteiger partial charge in [-0.1, -0.05) is 24.3 Å². The van der Waals surface area contributed by atoms with Gasteiger partial charge in [-0.2, -0.15) is 0 Å². The van der Waals surface area contributed by atoms with Gasteiger partial charge in [-0.25, -0.2) is 19.2 Å². The Bertz CT molecular complexity index is 2480. The summed E-state index contributed by atoms with van der Waals surface area (Å²) in [4.78, 5) is 51.5. The Morgan fingerprint density at radius 2 is 0.734 bits per heavy atom. The van der Waals surface area contributed by atoms with Gasteiger partial charge >= 0.3 is 23.9 Å². The predicted octanol–water partition coefficient (Wildman–Crippen LogP) is 9.85. The number of esters is 4. The molecule has 2 atom stereocenters. The molecule has 0 saturated carbocycles. The molecule has 0 fully saturated rings. The molecule has 6 aromatic carbocycles. The van der Waals surface area contributed by atoms with Crippen molar-refractivity contribution in [3.05, 3.63) is 162 Å². The van der Waals surface area contributed by atoms with Gasteiger partial charge in [0.05, 0.1) is 49.2 Å². The molecular weight excluding hydrogens is 821 g/mol. The molecule has 0 aliphatic heterocycles. The SMILES string of the molecule is COc1cc(OCCC(C)OC)ccc1C(=O)Oc1ccc(C(=O)Oc2ccc(-c3ccc(OC(=O)c4ccc(OC(=O)c5ccc(OCCC(C)OC)cc5)cc4)cc3)cc2)cc1. The molecule has 0 bridgehead atoms. The third-order valence-electron chi connectivity index (χ3n) is 9.94. The monoisotopic (exact) mass is 868 g/mol. The molecular formula is C51H48O13. The van der Waals surface area contributed by atoms with E-state index in [1.165, 1.54) is 55.6 Å². The molecule has 0 N–H and O–H groups in total. The van der Waals surface area contributed by atoms with E-state index in [1.54, 1.807) is 105 Å². The first kappa shape index (κ1) is 46.0. The number of carbonyl (C=O) groups excluding carboxylic acids is 4. The number of carbonyl (C=O) groups is 4. The van der Waals surface area contributed by atoms with Crippen molar-refractivity contribution in [2.45, 2.75) is 38.9 Å². The van der Waals surface area contributed by atoms with E-state index in [9.17, 15) is 19.2 Å². The second kappa shape index (κ2) is 22.6. The van der Waals surface area contributed by atoms with Crippen LogP contribution >= 0.6 is 0 Å². The fourth-order valence-corrected chi connectivity index (χ4v) is 5.95. The summed E-state index contributed by atoms with van der Waals surface area (Å²) in [6.45, 7) is 4.84. The van der Waals surface area contributed by atoms with E-state index in [4.69, 9.17) is 42.6 Å². The van der Waals surface area contributed by atoms with Crippen molar-refractivity contribution in [1.82, 2.24) is 0 Å². The van der Waals surface area contributed by atoms with E-state index in [0.717, 1.165) is 17.5 Å². The fraction of sp³-hybridized carbons (Fsp3) is 0.216. The average Bonchev–Trinajstić information content (AvgIpc) is 3.32. The number of rotatable bonds is 20. The van der Waals surface area contributed by atoms with E-state index in [1.807, 2.05) is 13.8 Å². The van der Waals surface area contributed by atoms with Crippen LogP contribution in [0.15, 0.2) is 140 Å². The lowest BCUT2D eigenvalue weighted by Crippen LogP contribution is -2.12. The normalized spacial score (nSPS) is 11.7. The van der Waals surface area contributed by atoms with Crippen molar-refractivity contribution < 1.29 is 61.8 Å². The minimum atomic E-state index is -0.638. The summed E-state index contributed by atoms with van der Waals surface area (Å²) in [6.07, 6.45) is 1.58. The highest BCUT2D eigenvalue weighted by atomic mass is 16.6. The first-order valence-corrected chi connectivity index (χ1v) is 20.4. The second-order valence-electron chi connectivity index (χ2n) is 14.4. The first-order valence-electron chi connectivity index (χ1n) is 20.4. The van der Waals surface area contributed by atoms with Crippen LogP contribution in [-0.2, 0) is 9.47 Å².